The lowest BCUT2D eigenvalue weighted by Crippen LogP contribution is -2.42. The molecule has 0 saturated heterocycles. The first kappa shape index (κ1) is 16.2. The fourth-order valence-electron chi connectivity index (χ4n) is 1.47. The van der Waals surface area contributed by atoms with Gasteiger partial charge in [-0.25, -0.2) is 9.18 Å². The van der Waals surface area contributed by atoms with Gasteiger partial charge in [-0.05, 0) is 44.0 Å². The summed E-state index contributed by atoms with van der Waals surface area (Å²) >= 11 is 0. The van der Waals surface area contributed by atoms with E-state index in [4.69, 9.17) is 9.84 Å². The molecule has 0 saturated carbocycles. The van der Waals surface area contributed by atoms with E-state index in [-0.39, 0.29) is 24.5 Å². The lowest BCUT2D eigenvalue weighted by molar-refractivity contribution is 0.220. The number of hydrogen-bond donors (Lipinski definition) is 3. The van der Waals surface area contributed by atoms with Gasteiger partial charge in [-0.15, -0.1) is 0 Å². The Bertz CT molecular complexity index is 398. The van der Waals surface area contributed by atoms with Crippen LogP contribution in [-0.4, -0.2) is 36.9 Å². The van der Waals surface area contributed by atoms with Gasteiger partial charge < -0.3 is 20.5 Å². The van der Waals surface area contributed by atoms with Crippen molar-refractivity contribution < 1.29 is 19.0 Å². The van der Waals surface area contributed by atoms with Gasteiger partial charge in [0, 0.05) is 6.54 Å². The van der Waals surface area contributed by atoms with Crippen molar-refractivity contribution in [1.29, 1.82) is 0 Å². The molecule has 112 valence electrons. The fourth-order valence-corrected chi connectivity index (χ4v) is 1.47. The molecule has 0 fully saturated rings. The van der Waals surface area contributed by atoms with E-state index in [0.717, 1.165) is 12.8 Å². The van der Waals surface area contributed by atoms with Crippen LogP contribution in [-0.2, 0) is 0 Å². The second-order valence-electron chi connectivity index (χ2n) is 4.49. The number of amides is 2. The first-order valence-electron chi connectivity index (χ1n) is 6.65. The van der Waals surface area contributed by atoms with Gasteiger partial charge in [-0.1, -0.05) is 0 Å². The minimum Gasteiger partial charge on any atom is -0.494 e. The Labute approximate surface area is 118 Å². The maximum atomic E-state index is 12.6. The molecular formula is C14H21FN2O3. The molecule has 1 rings (SSSR count). The zero-order valence-corrected chi connectivity index (χ0v) is 11.6. The number of urea groups is 1. The van der Waals surface area contributed by atoms with Gasteiger partial charge in [0.15, 0.2) is 0 Å². The lowest BCUT2D eigenvalue weighted by atomic mass is 10.3. The fraction of sp³-hybridized carbons (Fsp3) is 0.500. The molecule has 0 aliphatic rings. The van der Waals surface area contributed by atoms with Crippen molar-refractivity contribution in [3.63, 3.8) is 0 Å². The number of ether oxygens (including phenoxy) is 1. The Morgan fingerprint density at radius 3 is 2.70 bits per heavy atom. The number of nitrogens with one attached hydrogen (secondary N) is 2. The SMILES string of the molecule is CC(CO)NC(=O)NCCCCOc1ccc(F)cc1. The molecule has 20 heavy (non-hydrogen) atoms. The summed E-state index contributed by atoms with van der Waals surface area (Å²) in [5, 5.41) is 14.0. The van der Waals surface area contributed by atoms with Crippen molar-refractivity contribution in [2.75, 3.05) is 19.8 Å². The number of unbranched alkanes of at least 4 members (excludes halogenated alkanes) is 1. The average molecular weight is 284 g/mol. The van der Waals surface area contributed by atoms with Crippen LogP contribution in [0.5, 0.6) is 5.75 Å². The number of benzene rings is 1. The first-order valence-corrected chi connectivity index (χ1v) is 6.65. The zero-order valence-electron chi connectivity index (χ0n) is 11.6. The lowest BCUT2D eigenvalue weighted by Gasteiger charge is -2.12. The molecule has 1 atom stereocenters. The van der Waals surface area contributed by atoms with Gasteiger partial charge in [-0.2, -0.15) is 0 Å². The molecule has 0 aliphatic carbocycles. The molecule has 2 amide bonds. The minimum absolute atomic E-state index is 0.0844. The topological polar surface area (TPSA) is 70.6 Å². The van der Waals surface area contributed by atoms with Crippen LogP contribution in [0.3, 0.4) is 0 Å². The summed E-state index contributed by atoms with van der Waals surface area (Å²) in [5.74, 6) is 0.346. The summed E-state index contributed by atoms with van der Waals surface area (Å²) < 4.78 is 18.1. The summed E-state index contributed by atoms with van der Waals surface area (Å²) in [5.41, 5.74) is 0. The molecule has 0 aliphatic heterocycles. The Kier molecular flexibility index (Phi) is 7.42. The van der Waals surface area contributed by atoms with Crippen molar-refractivity contribution >= 4 is 6.03 Å². The van der Waals surface area contributed by atoms with Crippen LogP contribution in [0.15, 0.2) is 24.3 Å². The van der Waals surface area contributed by atoms with Crippen LogP contribution in [0, 0.1) is 5.82 Å². The van der Waals surface area contributed by atoms with Crippen LogP contribution in [0.2, 0.25) is 0 Å². The summed E-state index contributed by atoms with van der Waals surface area (Å²) in [6, 6.07) is 5.32. The van der Waals surface area contributed by atoms with Gasteiger partial charge >= 0.3 is 6.03 Å². The third kappa shape index (κ3) is 6.94. The Balaban J connectivity index is 2.02. The second kappa shape index (κ2) is 9.14. The predicted octanol–water partition coefficient (Wildman–Crippen LogP) is 1.66. The van der Waals surface area contributed by atoms with Crippen LogP contribution in [0.1, 0.15) is 19.8 Å². The monoisotopic (exact) mass is 284 g/mol. The highest BCUT2D eigenvalue weighted by atomic mass is 19.1. The molecule has 0 aromatic heterocycles. The van der Waals surface area contributed by atoms with E-state index in [1.165, 1.54) is 12.1 Å². The highest BCUT2D eigenvalue weighted by Gasteiger charge is 2.04. The summed E-state index contributed by atoms with van der Waals surface area (Å²) in [4.78, 5) is 11.3. The molecular weight excluding hydrogens is 263 g/mol. The summed E-state index contributed by atoms with van der Waals surface area (Å²) in [6.45, 7) is 2.69. The molecule has 5 nitrogen and oxygen atoms in total. The third-order valence-corrected chi connectivity index (χ3v) is 2.59. The van der Waals surface area contributed by atoms with Crippen LogP contribution >= 0.6 is 0 Å². The third-order valence-electron chi connectivity index (χ3n) is 2.59. The van der Waals surface area contributed by atoms with E-state index < -0.39 is 0 Å². The van der Waals surface area contributed by atoms with Crippen molar-refractivity contribution in [2.24, 2.45) is 0 Å². The quantitative estimate of drug-likeness (QED) is 0.636. The maximum absolute atomic E-state index is 12.6. The zero-order chi connectivity index (χ0) is 14.8. The van der Waals surface area contributed by atoms with Crippen LogP contribution < -0.4 is 15.4 Å². The minimum atomic E-state index is -0.287. The van der Waals surface area contributed by atoms with E-state index in [2.05, 4.69) is 10.6 Å². The van der Waals surface area contributed by atoms with Crippen molar-refractivity contribution in [3.8, 4) is 5.75 Å². The molecule has 0 bridgehead atoms. The molecule has 0 spiro atoms. The summed E-state index contributed by atoms with van der Waals surface area (Å²) in [6.07, 6.45) is 1.56. The van der Waals surface area contributed by atoms with E-state index in [0.29, 0.717) is 18.9 Å². The largest absolute Gasteiger partial charge is 0.494 e. The van der Waals surface area contributed by atoms with E-state index in [1.807, 2.05) is 0 Å². The highest BCUT2D eigenvalue weighted by Crippen LogP contribution is 2.11. The Hall–Kier alpha value is -1.82. The molecule has 1 aromatic rings. The van der Waals surface area contributed by atoms with Crippen molar-refractivity contribution in [2.45, 2.75) is 25.8 Å². The van der Waals surface area contributed by atoms with E-state index in [9.17, 15) is 9.18 Å². The molecule has 0 heterocycles. The number of aliphatic hydroxyl groups is 1. The summed E-state index contributed by atoms with van der Waals surface area (Å²) in [7, 11) is 0. The second-order valence-corrected chi connectivity index (χ2v) is 4.49. The van der Waals surface area contributed by atoms with Gasteiger partial charge in [0.2, 0.25) is 0 Å². The van der Waals surface area contributed by atoms with Crippen LogP contribution in [0.4, 0.5) is 9.18 Å². The van der Waals surface area contributed by atoms with Crippen molar-refractivity contribution in [1.82, 2.24) is 10.6 Å². The molecule has 1 aromatic carbocycles. The Morgan fingerprint density at radius 1 is 1.35 bits per heavy atom. The molecule has 6 heteroatoms. The van der Waals surface area contributed by atoms with Crippen LogP contribution in [0.25, 0.3) is 0 Å². The number of hydrogen-bond acceptors (Lipinski definition) is 3. The normalized spacial score (nSPS) is 11.8. The standard InChI is InChI=1S/C14H21FN2O3/c1-11(10-18)17-14(19)16-8-2-3-9-20-13-6-4-12(15)5-7-13/h4-7,11,18H,2-3,8-10H2,1H3,(H2,16,17,19). The predicted molar refractivity (Wildman–Crippen MR) is 74.2 cm³/mol. The Morgan fingerprint density at radius 2 is 2.05 bits per heavy atom. The highest BCUT2D eigenvalue weighted by molar-refractivity contribution is 5.74. The molecule has 1 unspecified atom stereocenters. The van der Waals surface area contributed by atoms with E-state index in [1.54, 1.807) is 19.1 Å². The number of carbonyl (C=O) groups excluding carboxylic acids is 1. The van der Waals surface area contributed by atoms with Gasteiger partial charge in [-0.3, -0.25) is 0 Å². The number of halogens is 1. The number of aliphatic hydroxyl groups excluding tert-OH is 1. The maximum Gasteiger partial charge on any atom is 0.315 e. The van der Waals surface area contributed by atoms with Crippen molar-refractivity contribution in [3.05, 3.63) is 30.1 Å². The smallest absolute Gasteiger partial charge is 0.315 e. The average Bonchev–Trinajstić information content (AvgIpc) is 2.44. The number of rotatable bonds is 8. The first-order chi connectivity index (χ1) is 9.61. The van der Waals surface area contributed by atoms with Gasteiger partial charge in [0.05, 0.1) is 19.3 Å². The molecule has 0 radical (unpaired) electrons. The molecule has 3 N–H and O–H groups in total. The van der Waals surface area contributed by atoms with Gasteiger partial charge in [0.1, 0.15) is 11.6 Å². The van der Waals surface area contributed by atoms with E-state index >= 15 is 0 Å². The van der Waals surface area contributed by atoms with Gasteiger partial charge in [0.25, 0.3) is 0 Å². The number of carbonyl (C=O) groups is 1.